The van der Waals surface area contributed by atoms with Crippen LogP contribution in [0.5, 0.6) is 0 Å². The van der Waals surface area contributed by atoms with Gasteiger partial charge in [0.05, 0.1) is 0 Å². The maximum Gasteiger partial charge on any atom is 0.270 e. The maximum absolute atomic E-state index is 12.2. The van der Waals surface area contributed by atoms with Gasteiger partial charge in [0.15, 0.2) is 0 Å². The van der Waals surface area contributed by atoms with Gasteiger partial charge in [-0.2, -0.15) is 0 Å². The number of amides is 1. The highest BCUT2D eigenvalue weighted by molar-refractivity contribution is 5.92. The number of carbonyl (C=O) groups is 1. The molecule has 120 valence electrons. The Morgan fingerprint density at radius 2 is 1.87 bits per heavy atom. The van der Waals surface area contributed by atoms with E-state index >= 15 is 0 Å². The predicted octanol–water partition coefficient (Wildman–Crippen LogP) is 2.44. The quantitative estimate of drug-likeness (QED) is 0.921. The molecule has 0 spiro atoms. The second kappa shape index (κ2) is 7.72. The Labute approximate surface area is 136 Å². The molecule has 1 fully saturated rings. The Bertz CT molecular complexity index is 638. The summed E-state index contributed by atoms with van der Waals surface area (Å²) in [7, 11) is 0. The molecule has 2 aromatic rings. The monoisotopic (exact) mass is 310 g/mol. The summed E-state index contributed by atoms with van der Waals surface area (Å²) in [5.41, 5.74) is 1.65. The predicted molar refractivity (Wildman–Crippen MR) is 90.6 cm³/mol. The van der Waals surface area contributed by atoms with Gasteiger partial charge in [0, 0.05) is 25.7 Å². The average molecular weight is 310 g/mol. The highest BCUT2D eigenvalue weighted by Crippen LogP contribution is 2.17. The fourth-order valence-corrected chi connectivity index (χ4v) is 2.82. The van der Waals surface area contributed by atoms with Crippen LogP contribution in [0.15, 0.2) is 42.7 Å². The van der Waals surface area contributed by atoms with Crippen molar-refractivity contribution in [2.75, 3.05) is 24.5 Å². The zero-order chi connectivity index (χ0) is 15.9. The molecule has 5 heteroatoms. The molecule has 0 saturated carbocycles. The van der Waals surface area contributed by atoms with Crippen molar-refractivity contribution in [1.29, 1.82) is 0 Å². The second-order valence-corrected chi connectivity index (χ2v) is 5.80. The van der Waals surface area contributed by atoms with Gasteiger partial charge in [0.25, 0.3) is 5.91 Å². The first kappa shape index (κ1) is 15.5. The Kier molecular flexibility index (Phi) is 5.19. The van der Waals surface area contributed by atoms with Crippen LogP contribution in [0.2, 0.25) is 0 Å². The van der Waals surface area contributed by atoms with Gasteiger partial charge in [-0.05, 0) is 31.2 Å². The van der Waals surface area contributed by atoms with Crippen molar-refractivity contribution < 1.29 is 4.79 Å². The van der Waals surface area contributed by atoms with E-state index in [1.54, 1.807) is 6.07 Å². The van der Waals surface area contributed by atoms with Gasteiger partial charge in [0.2, 0.25) is 0 Å². The number of nitrogens with zero attached hydrogens (tertiary/aromatic N) is 3. The summed E-state index contributed by atoms with van der Waals surface area (Å²) >= 11 is 0. The SMILES string of the molecule is O=C(NCCc1ccccc1)c1cc(N2CCCCC2)ncn1. The van der Waals surface area contributed by atoms with Crippen molar-refractivity contribution in [1.82, 2.24) is 15.3 Å². The lowest BCUT2D eigenvalue weighted by Crippen LogP contribution is -2.31. The zero-order valence-corrected chi connectivity index (χ0v) is 13.2. The molecule has 0 bridgehead atoms. The van der Waals surface area contributed by atoms with E-state index in [9.17, 15) is 4.79 Å². The van der Waals surface area contributed by atoms with Crippen LogP contribution in [-0.4, -0.2) is 35.5 Å². The number of anilines is 1. The topological polar surface area (TPSA) is 58.1 Å². The lowest BCUT2D eigenvalue weighted by atomic mass is 10.1. The third kappa shape index (κ3) is 4.28. The molecule has 1 saturated heterocycles. The van der Waals surface area contributed by atoms with Crippen molar-refractivity contribution in [2.45, 2.75) is 25.7 Å². The van der Waals surface area contributed by atoms with Crippen LogP contribution >= 0.6 is 0 Å². The molecule has 0 radical (unpaired) electrons. The number of benzene rings is 1. The van der Waals surface area contributed by atoms with E-state index in [-0.39, 0.29) is 5.91 Å². The fraction of sp³-hybridized carbons (Fsp3) is 0.389. The highest BCUT2D eigenvalue weighted by atomic mass is 16.1. The Morgan fingerprint density at radius 1 is 1.09 bits per heavy atom. The number of carbonyl (C=O) groups excluding carboxylic acids is 1. The number of piperidine rings is 1. The first-order valence-corrected chi connectivity index (χ1v) is 8.22. The van der Waals surface area contributed by atoms with Crippen LogP contribution in [0.25, 0.3) is 0 Å². The molecule has 1 aliphatic rings. The molecule has 1 amide bonds. The first-order valence-electron chi connectivity index (χ1n) is 8.22. The summed E-state index contributed by atoms with van der Waals surface area (Å²) in [6, 6.07) is 11.9. The van der Waals surface area contributed by atoms with Crippen LogP contribution in [0.3, 0.4) is 0 Å². The van der Waals surface area contributed by atoms with Gasteiger partial charge >= 0.3 is 0 Å². The number of hydrogen-bond acceptors (Lipinski definition) is 4. The fourth-order valence-electron chi connectivity index (χ4n) is 2.82. The Hall–Kier alpha value is -2.43. The van der Waals surface area contributed by atoms with Gasteiger partial charge in [-0.1, -0.05) is 30.3 Å². The normalized spacial score (nSPS) is 14.5. The molecule has 0 atom stereocenters. The summed E-state index contributed by atoms with van der Waals surface area (Å²) in [5, 5.41) is 2.93. The Morgan fingerprint density at radius 3 is 2.65 bits per heavy atom. The van der Waals surface area contributed by atoms with E-state index in [0.29, 0.717) is 12.2 Å². The molecule has 1 aromatic carbocycles. The third-order valence-electron chi connectivity index (χ3n) is 4.11. The van der Waals surface area contributed by atoms with Crippen LogP contribution < -0.4 is 10.2 Å². The van der Waals surface area contributed by atoms with Crippen molar-refractivity contribution in [2.24, 2.45) is 0 Å². The van der Waals surface area contributed by atoms with Gasteiger partial charge in [-0.25, -0.2) is 9.97 Å². The van der Waals surface area contributed by atoms with Crippen LogP contribution in [-0.2, 0) is 6.42 Å². The van der Waals surface area contributed by atoms with Crippen LogP contribution in [0, 0.1) is 0 Å². The summed E-state index contributed by atoms with van der Waals surface area (Å²) in [5.74, 6) is 0.717. The van der Waals surface area contributed by atoms with E-state index in [0.717, 1.165) is 25.3 Å². The molecule has 1 aromatic heterocycles. The molecule has 1 aliphatic heterocycles. The van der Waals surface area contributed by atoms with E-state index in [2.05, 4.69) is 32.3 Å². The lowest BCUT2D eigenvalue weighted by molar-refractivity contribution is 0.0949. The van der Waals surface area contributed by atoms with E-state index in [4.69, 9.17) is 0 Å². The average Bonchev–Trinajstić information content (AvgIpc) is 2.63. The summed E-state index contributed by atoms with van der Waals surface area (Å²) in [4.78, 5) is 22.9. The number of nitrogens with one attached hydrogen (secondary N) is 1. The second-order valence-electron chi connectivity index (χ2n) is 5.80. The van der Waals surface area contributed by atoms with Gasteiger partial charge in [-0.15, -0.1) is 0 Å². The van der Waals surface area contributed by atoms with E-state index in [1.165, 1.54) is 31.2 Å². The standard InChI is InChI=1S/C18H22N4O/c23-18(19-10-9-15-7-3-1-4-8-15)16-13-17(21-14-20-16)22-11-5-2-6-12-22/h1,3-4,7-8,13-14H,2,5-6,9-12H2,(H,19,23). The van der Waals surface area contributed by atoms with Gasteiger partial charge in [-0.3, -0.25) is 4.79 Å². The largest absolute Gasteiger partial charge is 0.357 e. The smallest absolute Gasteiger partial charge is 0.270 e. The minimum absolute atomic E-state index is 0.137. The molecule has 0 aliphatic carbocycles. The summed E-state index contributed by atoms with van der Waals surface area (Å²) < 4.78 is 0. The van der Waals surface area contributed by atoms with Crippen LogP contribution in [0.4, 0.5) is 5.82 Å². The number of aromatic nitrogens is 2. The van der Waals surface area contributed by atoms with E-state index in [1.807, 2.05) is 18.2 Å². The zero-order valence-electron chi connectivity index (χ0n) is 13.2. The molecule has 5 nitrogen and oxygen atoms in total. The third-order valence-corrected chi connectivity index (χ3v) is 4.11. The van der Waals surface area contributed by atoms with E-state index < -0.39 is 0 Å². The summed E-state index contributed by atoms with van der Waals surface area (Å²) in [6.07, 6.45) is 5.94. The minimum atomic E-state index is -0.137. The highest BCUT2D eigenvalue weighted by Gasteiger charge is 2.15. The summed E-state index contributed by atoms with van der Waals surface area (Å²) in [6.45, 7) is 2.62. The van der Waals surface area contributed by atoms with Crippen molar-refractivity contribution in [3.05, 3.63) is 54.0 Å². The molecule has 2 heterocycles. The van der Waals surface area contributed by atoms with Crippen molar-refractivity contribution in [3.8, 4) is 0 Å². The maximum atomic E-state index is 12.2. The van der Waals surface area contributed by atoms with Gasteiger partial charge < -0.3 is 10.2 Å². The van der Waals surface area contributed by atoms with Crippen molar-refractivity contribution >= 4 is 11.7 Å². The number of rotatable bonds is 5. The first-order chi connectivity index (χ1) is 11.3. The van der Waals surface area contributed by atoms with Crippen LogP contribution in [0.1, 0.15) is 35.3 Å². The molecular weight excluding hydrogens is 288 g/mol. The number of hydrogen-bond donors (Lipinski definition) is 1. The molecule has 23 heavy (non-hydrogen) atoms. The molecule has 3 rings (SSSR count). The lowest BCUT2D eigenvalue weighted by Gasteiger charge is -2.27. The Balaban J connectivity index is 1.56. The van der Waals surface area contributed by atoms with Crippen molar-refractivity contribution in [3.63, 3.8) is 0 Å². The minimum Gasteiger partial charge on any atom is -0.357 e. The molecule has 1 N–H and O–H groups in total. The molecular formula is C18H22N4O. The molecule has 0 unspecified atom stereocenters. The van der Waals surface area contributed by atoms with Gasteiger partial charge in [0.1, 0.15) is 17.8 Å².